The maximum Gasteiger partial charge on any atom is 0.191 e. The van der Waals surface area contributed by atoms with E-state index >= 15 is 0 Å². The van der Waals surface area contributed by atoms with Crippen LogP contribution in [0.2, 0.25) is 0 Å². The molecule has 7 heteroatoms. The van der Waals surface area contributed by atoms with Crippen molar-refractivity contribution in [3.8, 4) is 5.75 Å². The Bertz CT molecular complexity index is 634. The van der Waals surface area contributed by atoms with Crippen molar-refractivity contribution in [2.45, 2.75) is 25.2 Å². The number of rotatable bonds is 10. The summed E-state index contributed by atoms with van der Waals surface area (Å²) in [5.41, 5.74) is 0. The molecule has 1 aromatic heterocycles. The summed E-state index contributed by atoms with van der Waals surface area (Å²) in [5, 5.41) is 9.08. The normalized spacial score (nSPS) is 10.7. The van der Waals surface area contributed by atoms with Gasteiger partial charge in [0, 0.05) is 18.9 Å². The predicted octanol–water partition coefficient (Wildman–Crippen LogP) is 3.31. The third-order valence-electron chi connectivity index (χ3n) is 2.96. The lowest BCUT2D eigenvalue weighted by atomic mass is 10.3. The van der Waals surface area contributed by atoms with Crippen molar-refractivity contribution in [3.05, 3.63) is 48.6 Å². The van der Waals surface area contributed by atoms with Gasteiger partial charge < -0.3 is 9.47 Å². The van der Waals surface area contributed by atoms with Crippen LogP contribution in [-0.4, -0.2) is 33.7 Å². The Morgan fingerprint density at radius 3 is 2.91 bits per heavy atom. The minimum absolute atomic E-state index is 0.147. The van der Waals surface area contributed by atoms with Crippen LogP contribution in [0.5, 0.6) is 5.75 Å². The molecule has 0 atom stereocenters. The summed E-state index contributed by atoms with van der Waals surface area (Å²) in [6.45, 7) is 7.78. The lowest BCUT2D eigenvalue weighted by Crippen LogP contribution is -2.08. The van der Waals surface area contributed by atoms with Crippen LogP contribution in [-0.2, 0) is 17.9 Å². The quantitative estimate of drug-likeness (QED) is 0.378. The van der Waals surface area contributed by atoms with Crippen LogP contribution in [0.4, 0.5) is 4.39 Å². The van der Waals surface area contributed by atoms with Crippen LogP contribution in [0.3, 0.4) is 0 Å². The van der Waals surface area contributed by atoms with Gasteiger partial charge in [0.05, 0.1) is 6.61 Å². The number of benzene rings is 1. The Balaban J connectivity index is 2.01. The molecular weight excluding hydrogens is 317 g/mol. The van der Waals surface area contributed by atoms with Gasteiger partial charge in [-0.25, -0.2) is 4.39 Å². The molecule has 5 nitrogen and oxygen atoms in total. The van der Waals surface area contributed by atoms with Gasteiger partial charge in [-0.3, -0.25) is 4.57 Å². The Hall–Kier alpha value is -1.86. The van der Waals surface area contributed by atoms with Gasteiger partial charge in [-0.05, 0) is 19.1 Å². The molecule has 0 aliphatic rings. The molecule has 0 aliphatic carbocycles. The first-order valence-electron chi connectivity index (χ1n) is 7.37. The molecule has 0 radical (unpaired) electrons. The van der Waals surface area contributed by atoms with E-state index in [0.29, 0.717) is 25.6 Å². The van der Waals surface area contributed by atoms with E-state index in [0.717, 1.165) is 10.9 Å². The van der Waals surface area contributed by atoms with Gasteiger partial charge in [-0.15, -0.1) is 16.8 Å². The average Bonchev–Trinajstić information content (AvgIpc) is 2.93. The monoisotopic (exact) mass is 337 g/mol. The van der Waals surface area contributed by atoms with E-state index in [2.05, 4.69) is 16.8 Å². The zero-order valence-electron chi connectivity index (χ0n) is 13.1. The summed E-state index contributed by atoms with van der Waals surface area (Å²) in [6, 6.07) is 6.29. The fourth-order valence-corrected chi connectivity index (χ4v) is 2.70. The van der Waals surface area contributed by atoms with Gasteiger partial charge >= 0.3 is 0 Å². The van der Waals surface area contributed by atoms with Gasteiger partial charge in [-0.1, -0.05) is 30.0 Å². The minimum atomic E-state index is -0.395. The van der Waals surface area contributed by atoms with Crippen molar-refractivity contribution in [1.29, 1.82) is 0 Å². The van der Waals surface area contributed by atoms with Crippen molar-refractivity contribution < 1.29 is 13.9 Å². The molecule has 0 fully saturated rings. The summed E-state index contributed by atoms with van der Waals surface area (Å²) in [7, 11) is 0. The van der Waals surface area contributed by atoms with Crippen molar-refractivity contribution >= 4 is 11.8 Å². The van der Waals surface area contributed by atoms with Gasteiger partial charge in [0.1, 0.15) is 6.61 Å². The second-order valence-electron chi connectivity index (χ2n) is 4.56. The first kappa shape index (κ1) is 17.5. The van der Waals surface area contributed by atoms with E-state index in [9.17, 15) is 4.39 Å². The second-order valence-corrected chi connectivity index (χ2v) is 5.62. The van der Waals surface area contributed by atoms with E-state index in [1.165, 1.54) is 6.07 Å². The summed E-state index contributed by atoms with van der Waals surface area (Å²) < 4.78 is 26.3. The van der Waals surface area contributed by atoms with Gasteiger partial charge in [0.25, 0.3) is 0 Å². The number of aromatic nitrogens is 3. The molecule has 0 bridgehead atoms. The smallest absolute Gasteiger partial charge is 0.191 e. The maximum absolute atomic E-state index is 13.6. The van der Waals surface area contributed by atoms with Crippen molar-refractivity contribution in [1.82, 2.24) is 14.8 Å². The molecule has 0 N–H and O–H groups in total. The molecule has 2 aromatic rings. The fraction of sp³-hybridized carbons (Fsp3) is 0.375. The van der Waals surface area contributed by atoms with Crippen LogP contribution in [0.25, 0.3) is 0 Å². The number of para-hydroxylation sites is 1. The van der Waals surface area contributed by atoms with Crippen molar-refractivity contribution in [2.75, 3.05) is 19.0 Å². The molecule has 0 aliphatic heterocycles. The van der Waals surface area contributed by atoms with E-state index in [1.807, 2.05) is 11.5 Å². The molecule has 0 amide bonds. The molecule has 1 heterocycles. The lowest BCUT2D eigenvalue weighted by molar-refractivity contribution is 0.164. The molecule has 124 valence electrons. The Morgan fingerprint density at radius 2 is 2.17 bits per heavy atom. The highest BCUT2D eigenvalue weighted by Gasteiger charge is 2.13. The Labute approximate surface area is 139 Å². The Morgan fingerprint density at radius 1 is 1.35 bits per heavy atom. The number of allylic oxidation sites excluding steroid dienone is 1. The molecule has 1 aromatic carbocycles. The highest BCUT2D eigenvalue weighted by molar-refractivity contribution is 7.99. The van der Waals surface area contributed by atoms with E-state index in [1.54, 1.807) is 36.0 Å². The van der Waals surface area contributed by atoms with Crippen LogP contribution in [0, 0.1) is 5.82 Å². The lowest BCUT2D eigenvalue weighted by Gasteiger charge is -2.09. The number of thioether (sulfide) groups is 1. The summed E-state index contributed by atoms with van der Waals surface area (Å²) in [5.74, 6) is 1.23. The minimum Gasteiger partial charge on any atom is -0.483 e. The number of nitrogens with zero attached hydrogens (tertiary/aromatic N) is 3. The molecule has 23 heavy (non-hydrogen) atoms. The zero-order chi connectivity index (χ0) is 16.5. The summed E-state index contributed by atoms with van der Waals surface area (Å²) >= 11 is 1.56. The van der Waals surface area contributed by atoms with Crippen LogP contribution in [0.1, 0.15) is 12.7 Å². The van der Waals surface area contributed by atoms with E-state index < -0.39 is 5.82 Å². The topological polar surface area (TPSA) is 49.2 Å². The van der Waals surface area contributed by atoms with E-state index in [-0.39, 0.29) is 12.4 Å². The first-order chi connectivity index (χ1) is 11.3. The van der Waals surface area contributed by atoms with Gasteiger partial charge in [-0.2, -0.15) is 0 Å². The third-order valence-corrected chi connectivity index (χ3v) is 3.89. The number of ether oxygens (including phenoxy) is 2. The molecular formula is C16H20FN3O2S. The standard InChI is InChI=1S/C16H20FN3O2S/c1-3-9-20-15(12-22-14-8-6-5-7-13(14)17)18-19-16(20)23-11-10-21-4-2/h3,5-8H,1,4,9-12H2,2H3. The number of halogens is 1. The maximum atomic E-state index is 13.6. The van der Waals surface area contributed by atoms with Crippen LogP contribution < -0.4 is 4.74 Å². The largest absolute Gasteiger partial charge is 0.483 e. The first-order valence-corrected chi connectivity index (χ1v) is 8.35. The highest BCUT2D eigenvalue weighted by Crippen LogP contribution is 2.20. The number of hydrogen-bond acceptors (Lipinski definition) is 5. The zero-order valence-corrected chi connectivity index (χ0v) is 13.9. The fourth-order valence-electron chi connectivity index (χ4n) is 1.89. The molecule has 0 unspecified atom stereocenters. The van der Waals surface area contributed by atoms with Crippen LogP contribution >= 0.6 is 11.8 Å². The summed E-state index contributed by atoms with van der Waals surface area (Å²) in [6.07, 6.45) is 1.77. The predicted molar refractivity (Wildman–Crippen MR) is 88.2 cm³/mol. The Kier molecular flexibility index (Phi) is 7.09. The summed E-state index contributed by atoms with van der Waals surface area (Å²) in [4.78, 5) is 0. The van der Waals surface area contributed by atoms with Crippen molar-refractivity contribution in [2.24, 2.45) is 0 Å². The highest BCUT2D eigenvalue weighted by atomic mass is 32.2. The second kappa shape index (κ2) is 9.32. The van der Waals surface area contributed by atoms with Gasteiger partial charge in [0.2, 0.25) is 0 Å². The van der Waals surface area contributed by atoms with E-state index in [4.69, 9.17) is 9.47 Å². The molecule has 0 saturated heterocycles. The average molecular weight is 337 g/mol. The molecule has 2 rings (SSSR count). The number of hydrogen-bond donors (Lipinski definition) is 0. The third kappa shape index (κ3) is 5.07. The SMILES string of the molecule is C=CCn1c(COc2ccccc2F)nnc1SCCOCC. The van der Waals surface area contributed by atoms with Crippen molar-refractivity contribution in [3.63, 3.8) is 0 Å². The molecule has 0 spiro atoms. The van der Waals surface area contributed by atoms with Gasteiger partial charge in [0.15, 0.2) is 22.5 Å². The van der Waals surface area contributed by atoms with Crippen LogP contribution in [0.15, 0.2) is 42.1 Å². The molecule has 0 saturated carbocycles.